The molecule has 1 aliphatic rings. The van der Waals surface area contributed by atoms with E-state index in [0.717, 1.165) is 36.8 Å². The summed E-state index contributed by atoms with van der Waals surface area (Å²) < 4.78 is 14.5. The molecule has 19 heavy (non-hydrogen) atoms. The molecule has 1 N–H and O–H groups in total. The van der Waals surface area contributed by atoms with Crippen LogP contribution in [-0.4, -0.2) is 16.7 Å². The van der Waals surface area contributed by atoms with Crippen molar-refractivity contribution in [2.45, 2.75) is 31.4 Å². The lowest BCUT2D eigenvalue weighted by Crippen LogP contribution is -2.19. The average molecular weight is 320 g/mol. The second-order valence-electron chi connectivity index (χ2n) is 5.08. The number of hydrogen-bond acceptors (Lipinski definition) is 2. The Morgan fingerprint density at radius 1 is 1.42 bits per heavy atom. The summed E-state index contributed by atoms with van der Waals surface area (Å²) in [6.07, 6.45) is 3.70. The molecule has 0 spiro atoms. The van der Waals surface area contributed by atoms with Gasteiger partial charge in [0.15, 0.2) is 5.82 Å². The van der Waals surface area contributed by atoms with Crippen LogP contribution in [0.2, 0.25) is 12.6 Å². The minimum absolute atomic E-state index is 0.173. The minimum atomic E-state index is -0.308. The van der Waals surface area contributed by atoms with Crippen molar-refractivity contribution in [2.24, 2.45) is 0 Å². The van der Waals surface area contributed by atoms with Crippen LogP contribution in [-0.2, 0) is 0 Å². The number of nitriles is 1. The van der Waals surface area contributed by atoms with Gasteiger partial charge in [-0.1, -0.05) is 28.6 Å². The van der Waals surface area contributed by atoms with Gasteiger partial charge in [-0.3, -0.25) is 0 Å². The van der Waals surface area contributed by atoms with Gasteiger partial charge in [0.25, 0.3) is 6.71 Å². The van der Waals surface area contributed by atoms with E-state index in [-0.39, 0.29) is 12.5 Å². The van der Waals surface area contributed by atoms with Crippen molar-refractivity contribution < 1.29 is 4.39 Å². The van der Waals surface area contributed by atoms with Gasteiger partial charge in [-0.15, -0.1) is 0 Å². The number of fused-ring (bicyclic) bond motifs is 1. The first-order chi connectivity index (χ1) is 9.17. The predicted octanol–water partition coefficient (Wildman–Crippen LogP) is 3.90. The SMILES string of the molecule is N#CB1CCC(c2nc3c(F)cc(Br)cc3[nH]2)CC1. The molecule has 0 unspecified atom stereocenters. The Hall–Kier alpha value is -1.35. The van der Waals surface area contributed by atoms with Gasteiger partial charge >= 0.3 is 0 Å². The Kier molecular flexibility index (Phi) is 3.32. The molecule has 3 nitrogen and oxygen atoms in total. The summed E-state index contributed by atoms with van der Waals surface area (Å²) >= 11 is 3.28. The van der Waals surface area contributed by atoms with Crippen LogP contribution < -0.4 is 0 Å². The smallest absolute Gasteiger partial charge is 0.267 e. The Bertz CT molecular complexity index is 656. The third-order valence-electron chi connectivity index (χ3n) is 3.82. The lowest BCUT2D eigenvalue weighted by molar-refractivity contribution is 0.583. The van der Waals surface area contributed by atoms with Crippen LogP contribution in [0.15, 0.2) is 16.6 Å². The number of H-pyrrole nitrogens is 1. The fourth-order valence-corrected chi connectivity index (χ4v) is 3.18. The summed E-state index contributed by atoms with van der Waals surface area (Å²) in [5.41, 5.74) is 1.13. The van der Waals surface area contributed by atoms with E-state index in [1.165, 1.54) is 6.07 Å². The maximum atomic E-state index is 13.8. The van der Waals surface area contributed by atoms with E-state index in [4.69, 9.17) is 5.26 Å². The summed E-state index contributed by atoms with van der Waals surface area (Å²) in [5, 5.41) is 8.90. The van der Waals surface area contributed by atoms with Gasteiger partial charge in [-0.2, -0.15) is 0 Å². The van der Waals surface area contributed by atoms with E-state index in [2.05, 4.69) is 31.9 Å². The molecule has 1 aromatic carbocycles. The van der Waals surface area contributed by atoms with Crippen LogP contribution in [0.25, 0.3) is 11.0 Å². The summed E-state index contributed by atoms with van der Waals surface area (Å²) in [6, 6.07) is 3.27. The Morgan fingerprint density at radius 3 is 2.84 bits per heavy atom. The molecule has 3 rings (SSSR count). The van der Waals surface area contributed by atoms with Crippen molar-refractivity contribution in [3.63, 3.8) is 0 Å². The molecular weight excluding hydrogens is 308 g/mol. The van der Waals surface area contributed by atoms with E-state index in [1.54, 1.807) is 0 Å². The van der Waals surface area contributed by atoms with Gasteiger partial charge in [0.1, 0.15) is 11.3 Å². The quantitative estimate of drug-likeness (QED) is 0.810. The average Bonchev–Trinajstić information content (AvgIpc) is 2.83. The van der Waals surface area contributed by atoms with Crippen LogP contribution in [0, 0.1) is 17.0 Å². The van der Waals surface area contributed by atoms with Crippen LogP contribution in [0.4, 0.5) is 4.39 Å². The molecule has 0 atom stereocenters. The van der Waals surface area contributed by atoms with Gasteiger partial charge in [0.2, 0.25) is 0 Å². The zero-order chi connectivity index (χ0) is 13.4. The second-order valence-corrected chi connectivity index (χ2v) is 6.00. The van der Waals surface area contributed by atoms with E-state index in [1.807, 2.05) is 6.07 Å². The number of imidazole rings is 1. The number of hydrogen-bond donors (Lipinski definition) is 1. The van der Waals surface area contributed by atoms with Crippen molar-refractivity contribution in [3.05, 3.63) is 28.2 Å². The standard InChI is InChI=1S/C13H12BBrFN3/c15-9-5-10(16)12-11(6-9)18-13(19-12)8-1-3-14(7-17)4-2-8/h5-6,8H,1-4H2,(H,18,19). The number of nitrogens with zero attached hydrogens (tertiary/aromatic N) is 2. The molecular formula is C13H12BBrFN3. The van der Waals surface area contributed by atoms with E-state index in [9.17, 15) is 4.39 Å². The first-order valence-corrected chi connectivity index (χ1v) is 7.21. The fourth-order valence-electron chi connectivity index (χ4n) is 2.75. The second kappa shape index (κ2) is 4.97. The molecule has 0 bridgehead atoms. The molecule has 1 aromatic heterocycles. The summed E-state index contributed by atoms with van der Waals surface area (Å²) in [5.74, 6) is 3.18. The summed E-state index contributed by atoms with van der Waals surface area (Å²) in [7, 11) is 0. The highest BCUT2D eigenvalue weighted by molar-refractivity contribution is 9.10. The number of aromatic nitrogens is 2. The van der Waals surface area contributed by atoms with E-state index in [0.29, 0.717) is 15.9 Å². The molecule has 0 saturated carbocycles. The molecule has 1 fully saturated rings. The third kappa shape index (κ3) is 2.39. The number of aromatic amines is 1. The molecule has 0 radical (unpaired) electrons. The normalized spacial score (nSPS) is 16.8. The van der Waals surface area contributed by atoms with Crippen molar-refractivity contribution >= 4 is 33.7 Å². The van der Waals surface area contributed by atoms with Crippen LogP contribution in [0.5, 0.6) is 0 Å². The van der Waals surface area contributed by atoms with Crippen molar-refractivity contribution in [2.75, 3.05) is 0 Å². The van der Waals surface area contributed by atoms with Crippen LogP contribution in [0.1, 0.15) is 24.6 Å². The predicted molar refractivity (Wildman–Crippen MR) is 76.7 cm³/mol. The number of benzene rings is 1. The molecule has 1 saturated heterocycles. The lowest BCUT2D eigenvalue weighted by Gasteiger charge is -2.20. The first kappa shape index (κ1) is 12.7. The zero-order valence-electron chi connectivity index (χ0n) is 10.3. The minimum Gasteiger partial charge on any atom is -0.342 e. The molecule has 2 aromatic rings. The molecule has 0 aliphatic carbocycles. The molecule has 96 valence electrons. The van der Waals surface area contributed by atoms with Gasteiger partial charge < -0.3 is 4.98 Å². The molecule has 6 heteroatoms. The topological polar surface area (TPSA) is 52.5 Å². The highest BCUT2D eigenvalue weighted by Gasteiger charge is 2.27. The monoisotopic (exact) mass is 319 g/mol. The lowest BCUT2D eigenvalue weighted by atomic mass is 9.42. The molecule has 1 aliphatic heterocycles. The number of halogens is 2. The van der Waals surface area contributed by atoms with Crippen molar-refractivity contribution in [1.29, 1.82) is 5.26 Å². The van der Waals surface area contributed by atoms with E-state index >= 15 is 0 Å². The molecule has 2 heterocycles. The maximum Gasteiger partial charge on any atom is 0.267 e. The Morgan fingerprint density at radius 2 is 2.16 bits per heavy atom. The van der Waals surface area contributed by atoms with Gasteiger partial charge in [-0.05, 0) is 25.0 Å². The zero-order valence-corrected chi connectivity index (χ0v) is 11.9. The molecule has 0 amide bonds. The largest absolute Gasteiger partial charge is 0.342 e. The number of rotatable bonds is 1. The summed E-state index contributed by atoms with van der Waals surface area (Å²) in [4.78, 5) is 7.61. The van der Waals surface area contributed by atoms with Gasteiger partial charge in [0.05, 0.1) is 5.52 Å². The highest BCUT2D eigenvalue weighted by Crippen LogP contribution is 2.33. The van der Waals surface area contributed by atoms with Gasteiger partial charge in [-0.25, -0.2) is 14.6 Å². The third-order valence-corrected chi connectivity index (χ3v) is 4.28. The summed E-state index contributed by atoms with van der Waals surface area (Å²) in [6.45, 7) is 0.173. The Balaban J connectivity index is 1.90. The van der Waals surface area contributed by atoms with Crippen molar-refractivity contribution in [3.8, 4) is 5.97 Å². The Labute approximate surface area is 119 Å². The van der Waals surface area contributed by atoms with Crippen LogP contribution >= 0.6 is 15.9 Å². The number of nitrogens with one attached hydrogen (secondary N) is 1. The van der Waals surface area contributed by atoms with Crippen LogP contribution in [0.3, 0.4) is 0 Å². The van der Waals surface area contributed by atoms with Gasteiger partial charge in [0, 0.05) is 16.4 Å². The first-order valence-electron chi connectivity index (χ1n) is 6.41. The van der Waals surface area contributed by atoms with E-state index < -0.39 is 0 Å². The maximum absolute atomic E-state index is 13.8. The van der Waals surface area contributed by atoms with Crippen molar-refractivity contribution in [1.82, 2.24) is 9.97 Å². The highest BCUT2D eigenvalue weighted by atomic mass is 79.9. The fraction of sp³-hybridized carbons (Fsp3) is 0.385.